The second kappa shape index (κ2) is 20.0. The number of para-hydroxylation sites is 6. The summed E-state index contributed by atoms with van der Waals surface area (Å²) < 4.78 is 4.78. The Kier molecular flexibility index (Phi) is 11.9. The normalized spacial score (nSPS) is 11.7. The third-order valence-corrected chi connectivity index (χ3v) is 17.2. The highest BCUT2D eigenvalue weighted by Crippen LogP contribution is 2.50. The molecule has 4 nitrogen and oxygen atoms in total. The highest BCUT2D eigenvalue weighted by Gasteiger charge is 2.25. The average molecular weight is 1070 g/mol. The van der Waals surface area contributed by atoms with Crippen molar-refractivity contribution in [3.05, 3.63) is 301 Å². The van der Waals surface area contributed by atoms with Crippen molar-refractivity contribution in [1.29, 1.82) is 0 Å². The number of hydrogen-bond donors (Lipinski definition) is 0. The minimum Gasteiger partial charge on any atom is -0.310 e. The fourth-order valence-electron chi connectivity index (χ4n) is 13.4. The van der Waals surface area contributed by atoms with E-state index in [4.69, 9.17) is 0 Å². The fraction of sp³-hybridized carbons (Fsp3) is 0.0633. The summed E-state index contributed by atoms with van der Waals surface area (Å²) in [7, 11) is 0. The number of fused-ring (bicyclic) bond motifs is 8. The Labute approximate surface area is 484 Å². The van der Waals surface area contributed by atoms with Gasteiger partial charge in [-0.25, -0.2) is 0 Å². The van der Waals surface area contributed by atoms with Crippen molar-refractivity contribution in [2.75, 3.05) is 9.80 Å². The molecule has 0 aliphatic rings. The summed E-state index contributed by atoms with van der Waals surface area (Å²) in [6.45, 7) is 11.4. The topological polar surface area (TPSA) is 16.3 Å². The van der Waals surface area contributed by atoms with Crippen LogP contribution in [0.1, 0.15) is 27.8 Å². The van der Waals surface area contributed by atoms with Gasteiger partial charge < -0.3 is 18.9 Å². The molecule has 0 fully saturated rings. The molecule has 0 aliphatic carbocycles. The molecule has 0 aliphatic heterocycles. The monoisotopic (exact) mass is 1060 g/mol. The van der Waals surface area contributed by atoms with Crippen LogP contribution in [0.15, 0.2) is 273 Å². The lowest BCUT2D eigenvalue weighted by molar-refractivity contribution is 1.18. The minimum atomic E-state index is 1.11. The lowest BCUT2D eigenvalue weighted by Gasteiger charge is -2.29. The molecule has 0 N–H and O–H groups in total. The van der Waals surface area contributed by atoms with Crippen LogP contribution in [0.2, 0.25) is 0 Å². The number of benzene rings is 13. The summed E-state index contributed by atoms with van der Waals surface area (Å²) in [5, 5.41) is 9.88. The van der Waals surface area contributed by atoms with Crippen LogP contribution in [-0.2, 0) is 0 Å². The molecule has 0 spiro atoms. The molecule has 2 aromatic heterocycles. The van der Waals surface area contributed by atoms with Gasteiger partial charge in [0.25, 0.3) is 0 Å². The van der Waals surface area contributed by atoms with E-state index in [2.05, 4.69) is 327 Å². The van der Waals surface area contributed by atoms with Gasteiger partial charge in [-0.3, -0.25) is 0 Å². The molecule has 396 valence electrons. The van der Waals surface area contributed by atoms with Gasteiger partial charge in [0.2, 0.25) is 0 Å². The van der Waals surface area contributed by atoms with E-state index in [0.717, 1.165) is 45.5 Å². The first-order valence-corrected chi connectivity index (χ1v) is 28.8. The van der Waals surface area contributed by atoms with Gasteiger partial charge in [-0.2, -0.15) is 0 Å². The van der Waals surface area contributed by atoms with E-state index in [9.17, 15) is 0 Å². The van der Waals surface area contributed by atoms with Crippen molar-refractivity contribution in [2.24, 2.45) is 0 Å². The third kappa shape index (κ3) is 8.20. The zero-order valence-corrected chi connectivity index (χ0v) is 47.3. The van der Waals surface area contributed by atoms with Crippen LogP contribution in [0.5, 0.6) is 0 Å². The Morgan fingerprint density at radius 2 is 0.602 bits per heavy atom. The van der Waals surface area contributed by atoms with Crippen molar-refractivity contribution in [1.82, 2.24) is 9.13 Å². The Hall–Kier alpha value is -10.4. The molecule has 2 heterocycles. The highest BCUT2D eigenvalue weighted by atomic mass is 15.2. The Morgan fingerprint density at radius 1 is 0.241 bits per heavy atom. The van der Waals surface area contributed by atoms with Crippen LogP contribution >= 0.6 is 0 Å². The molecule has 0 radical (unpaired) electrons. The first kappa shape index (κ1) is 49.6. The van der Waals surface area contributed by atoms with Gasteiger partial charge in [-0.05, 0) is 222 Å². The molecule has 15 rings (SSSR count). The van der Waals surface area contributed by atoms with Gasteiger partial charge in [-0.1, -0.05) is 157 Å². The maximum atomic E-state index is 2.45. The number of nitrogens with zero attached hydrogens (tertiary/aromatic N) is 4. The Balaban J connectivity index is 0.874. The quantitative estimate of drug-likeness (QED) is 0.127. The van der Waals surface area contributed by atoms with Gasteiger partial charge in [-0.15, -0.1) is 0 Å². The SMILES string of the molecule is Cc1ccc2c(-c3cc(C)c(N(c4ccccc4)c4ccc5c(c4)c4ccccc4n5-c4ccccc4)cc3C)c3ccccc3c(-c3cc(C)c(N(c4ccccc4)c4ccc5c(c4)c4ccccc4n5-c4ccccc4)cc3C)c2c1. The smallest absolute Gasteiger partial charge is 0.0542 e. The van der Waals surface area contributed by atoms with Crippen molar-refractivity contribution in [3.8, 4) is 33.6 Å². The standard InChI is InChI=1S/C79H60N4/c1-51-38-41-66-71(44-51)79(68-46-55(5)77(48-53(68)3)81(57-26-12-7-13-27-57)61-40-43-75-70(50-61)63-33-21-23-37-73(63)83(75)59-30-16-9-17-31-59)65-35-19-18-34-64(65)78(66)67-45-54(4)76(47-52(67)2)80(56-24-10-6-11-25-56)60-39-42-74-69(49-60)62-32-20-22-36-72(62)82(74)58-28-14-8-15-29-58/h6-50H,1-5H3. The second-order valence-corrected chi connectivity index (χ2v) is 22.4. The summed E-state index contributed by atoms with van der Waals surface area (Å²) >= 11 is 0. The lowest BCUT2D eigenvalue weighted by Crippen LogP contribution is -2.12. The predicted molar refractivity (Wildman–Crippen MR) is 354 cm³/mol. The molecule has 0 saturated heterocycles. The van der Waals surface area contributed by atoms with Crippen LogP contribution < -0.4 is 9.80 Å². The van der Waals surface area contributed by atoms with E-state index in [1.165, 1.54) is 115 Å². The van der Waals surface area contributed by atoms with Crippen molar-refractivity contribution in [3.63, 3.8) is 0 Å². The number of hydrogen-bond acceptors (Lipinski definition) is 2. The molecule has 83 heavy (non-hydrogen) atoms. The third-order valence-electron chi connectivity index (χ3n) is 17.2. The van der Waals surface area contributed by atoms with Gasteiger partial charge in [0, 0.05) is 67.0 Å². The second-order valence-electron chi connectivity index (χ2n) is 22.4. The van der Waals surface area contributed by atoms with E-state index < -0.39 is 0 Å². The molecule has 0 saturated carbocycles. The summed E-state index contributed by atoms with van der Waals surface area (Å²) in [6, 6.07) is 101. The minimum absolute atomic E-state index is 1.11. The maximum absolute atomic E-state index is 2.45. The molecular formula is C79H60N4. The van der Waals surface area contributed by atoms with E-state index in [-0.39, 0.29) is 0 Å². The maximum Gasteiger partial charge on any atom is 0.0542 e. The van der Waals surface area contributed by atoms with Crippen LogP contribution in [0.3, 0.4) is 0 Å². The van der Waals surface area contributed by atoms with Crippen LogP contribution in [0.4, 0.5) is 34.1 Å². The first-order chi connectivity index (χ1) is 40.8. The number of aryl methyl sites for hydroxylation is 5. The summed E-state index contributed by atoms with van der Waals surface area (Å²) in [4.78, 5) is 4.89. The zero-order chi connectivity index (χ0) is 55.9. The van der Waals surface area contributed by atoms with E-state index in [0.29, 0.717) is 0 Å². The van der Waals surface area contributed by atoms with Gasteiger partial charge >= 0.3 is 0 Å². The van der Waals surface area contributed by atoms with Gasteiger partial charge in [0.05, 0.1) is 22.1 Å². The molecule has 15 aromatic rings. The average Bonchev–Trinajstić information content (AvgIpc) is 3.13. The van der Waals surface area contributed by atoms with Crippen molar-refractivity contribution >= 4 is 99.3 Å². The molecule has 4 heteroatoms. The largest absolute Gasteiger partial charge is 0.310 e. The van der Waals surface area contributed by atoms with Crippen molar-refractivity contribution in [2.45, 2.75) is 34.6 Å². The van der Waals surface area contributed by atoms with Gasteiger partial charge in [0.15, 0.2) is 0 Å². The number of rotatable bonds is 10. The predicted octanol–water partition coefficient (Wildman–Crippen LogP) is 22.0. The summed E-state index contributed by atoms with van der Waals surface area (Å²) in [5.41, 5.74) is 24.9. The van der Waals surface area contributed by atoms with Crippen LogP contribution in [0.25, 0.3) is 98.8 Å². The molecular weight excluding hydrogens is 1000 g/mol. The van der Waals surface area contributed by atoms with Crippen LogP contribution in [-0.4, -0.2) is 9.13 Å². The fourth-order valence-corrected chi connectivity index (χ4v) is 13.4. The van der Waals surface area contributed by atoms with E-state index in [1.54, 1.807) is 0 Å². The lowest BCUT2D eigenvalue weighted by atomic mass is 9.82. The molecule has 0 atom stereocenters. The van der Waals surface area contributed by atoms with E-state index in [1.807, 2.05) is 0 Å². The molecule has 0 bridgehead atoms. The Morgan fingerprint density at radius 3 is 1.05 bits per heavy atom. The van der Waals surface area contributed by atoms with E-state index >= 15 is 0 Å². The highest BCUT2D eigenvalue weighted by molar-refractivity contribution is 6.22. The van der Waals surface area contributed by atoms with Crippen LogP contribution in [0, 0.1) is 34.6 Å². The number of aromatic nitrogens is 2. The number of anilines is 6. The summed E-state index contributed by atoms with van der Waals surface area (Å²) in [6.07, 6.45) is 0. The molecule has 0 amide bonds. The zero-order valence-electron chi connectivity index (χ0n) is 47.3. The van der Waals surface area contributed by atoms with Gasteiger partial charge in [0.1, 0.15) is 0 Å². The molecule has 13 aromatic carbocycles. The first-order valence-electron chi connectivity index (χ1n) is 28.8. The summed E-state index contributed by atoms with van der Waals surface area (Å²) in [5.74, 6) is 0. The Bertz CT molecular complexity index is 5010. The van der Waals surface area contributed by atoms with Crippen molar-refractivity contribution < 1.29 is 0 Å². The molecule has 0 unspecified atom stereocenters.